The molecular formula is C13H19NO3S. The molecule has 1 atom stereocenters. The number of aliphatic hydroxyl groups excluding tert-OH is 1. The summed E-state index contributed by atoms with van der Waals surface area (Å²) in [6.45, 7) is 4.02. The molecule has 5 heteroatoms. The highest BCUT2D eigenvalue weighted by atomic mass is 32.2. The molecule has 1 aromatic carbocycles. The first kappa shape index (κ1) is 13.5. The minimum Gasteiger partial charge on any atom is -0.392 e. The fraction of sp³-hybridized carbons (Fsp3) is 0.538. The first-order valence-corrected chi connectivity index (χ1v) is 7.66. The fourth-order valence-corrected chi connectivity index (χ4v) is 3.50. The average Bonchev–Trinajstić information content (AvgIpc) is 2.84. The Kier molecular flexibility index (Phi) is 3.49. The first-order valence-electron chi connectivity index (χ1n) is 6.01. The van der Waals surface area contributed by atoms with Gasteiger partial charge in [0.05, 0.1) is 12.4 Å². The minimum atomic E-state index is -3.30. The summed E-state index contributed by atoms with van der Waals surface area (Å²) in [6.07, 6.45) is 0.892. The Balaban J connectivity index is 2.03. The molecule has 0 spiro atoms. The maximum Gasteiger partial charge on any atom is 0.216 e. The van der Waals surface area contributed by atoms with Crippen molar-refractivity contribution >= 4 is 10.0 Å². The van der Waals surface area contributed by atoms with Crippen molar-refractivity contribution in [3.63, 3.8) is 0 Å². The molecule has 1 unspecified atom stereocenters. The Morgan fingerprint density at radius 2 is 2.00 bits per heavy atom. The Morgan fingerprint density at radius 3 is 2.56 bits per heavy atom. The normalized spacial score (nSPS) is 21.8. The number of hydrogen-bond donors (Lipinski definition) is 2. The van der Waals surface area contributed by atoms with E-state index in [-0.39, 0.29) is 23.8 Å². The number of sulfonamides is 1. The van der Waals surface area contributed by atoms with Crippen LogP contribution < -0.4 is 4.72 Å². The number of benzene rings is 1. The van der Waals surface area contributed by atoms with Crippen LogP contribution in [0, 0.1) is 5.41 Å². The molecule has 1 aromatic rings. The van der Waals surface area contributed by atoms with Gasteiger partial charge in [-0.2, -0.15) is 0 Å². The van der Waals surface area contributed by atoms with Crippen LogP contribution in [0.25, 0.3) is 0 Å². The van der Waals surface area contributed by atoms with Gasteiger partial charge in [-0.1, -0.05) is 38.1 Å². The third kappa shape index (κ3) is 3.31. The molecule has 1 aliphatic rings. The summed E-state index contributed by atoms with van der Waals surface area (Å²) in [5.41, 5.74) is 1.52. The van der Waals surface area contributed by atoms with E-state index in [1.807, 2.05) is 13.8 Å². The van der Waals surface area contributed by atoms with Crippen molar-refractivity contribution in [3.05, 3.63) is 35.4 Å². The Hall–Kier alpha value is -0.910. The molecule has 100 valence electrons. The second-order valence-electron chi connectivity index (χ2n) is 5.60. The highest BCUT2D eigenvalue weighted by Gasteiger charge is 2.47. The predicted octanol–water partition coefficient (Wildman–Crippen LogP) is 1.40. The van der Waals surface area contributed by atoms with Crippen molar-refractivity contribution in [1.29, 1.82) is 0 Å². The number of aliphatic hydroxyl groups is 1. The lowest BCUT2D eigenvalue weighted by molar-refractivity contribution is 0.282. The highest BCUT2D eigenvalue weighted by Crippen LogP contribution is 2.45. The molecular weight excluding hydrogens is 250 g/mol. The zero-order chi connectivity index (χ0) is 13.4. The Labute approximate surface area is 108 Å². The van der Waals surface area contributed by atoms with Crippen LogP contribution in [0.2, 0.25) is 0 Å². The van der Waals surface area contributed by atoms with Gasteiger partial charge in [0.2, 0.25) is 10.0 Å². The lowest BCUT2D eigenvalue weighted by atomic mass is 10.1. The van der Waals surface area contributed by atoms with E-state index in [1.54, 1.807) is 24.3 Å². The summed E-state index contributed by atoms with van der Waals surface area (Å²) in [5, 5.41) is 9.02. The van der Waals surface area contributed by atoms with Gasteiger partial charge in [0.25, 0.3) is 0 Å². The van der Waals surface area contributed by atoms with E-state index < -0.39 is 10.0 Å². The summed E-state index contributed by atoms with van der Waals surface area (Å²) in [4.78, 5) is 0. The van der Waals surface area contributed by atoms with Gasteiger partial charge in [-0.25, -0.2) is 13.1 Å². The number of hydrogen-bond acceptors (Lipinski definition) is 3. The second kappa shape index (κ2) is 4.64. The number of nitrogens with one attached hydrogen (secondary N) is 1. The molecule has 2 N–H and O–H groups in total. The lowest BCUT2D eigenvalue weighted by Gasteiger charge is -2.09. The smallest absolute Gasteiger partial charge is 0.216 e. The molecule has 1 aliphatic carbocycles. The van der Waals surface area contributed by atoms with Gasteiger partial charge >= 0.3 is 0 Å². The van der Waals surface area contributed by atoms with Gasteiger partial charge in [0, 0.05) is 6.04 Å². The van der Waals surface area contributed by atoms with E-state index >= 15 is 0 Å². The van der Waals surface area contributed by atoms with Gasteiger partial charge in [-0.3, -0.25) is 0 Å². The summed E-state index contributed by atoms with van der Waals surface area (Å²) < 4.78 is 26.6. The Morgan fingerprint density at radius 1 is 1.39 bits per heavy atom. The predicted molar refractivity (Wildman–Crippen MR) is 70.3 cm³/mol. The monoisotopic (exact) mass is 269 g/mol. The third-order valence-electron chi connectivity index (χ3n) is 3.37. The van der Waals surface area contributed by atoms with Crippen LogP contribution in [0.15, 0.2) is 24.3 Å². The molecule has 18 heavy (non-hydrogen) atoms. The molecule has 4 nitrogen and oxygen atoms in total. The zero-order valence-corrected chi connectivity index (χ0v) is 11.5. The minimum absolute atomic E-state index is 0.0343. The maximum atomic E-state index is 12.0. The van der Waals surface area contributed by atoms with Crippen LogP contribution in [-0.2, 0) is 22.4 Å². The van der Waals surface area contributed by atoms with Crippen molar-refractivity contribution < 1.29 is 13.5 Å². The third-order valence-corrected chi connectivity index (χ3v) is 4.72. The van der Waals surface area contributed by atoms with Crippen molar-refractivity contribution in [2.75, 3.05) is 0 Å². The van der Waals surface area contributed by atoms with Crippen LogP contribution in [-0.4, -0.2) is 19.6 Å². The van der Waals surface area contributed by atoms with E-state index in [9.17, 15) is 8.42 Å². The van der Waals surface area contributed by atoms with Gasteiger partial charge in [-0.15, -0.1) is 0 Å². The second-order valence-corrected chi connectivity index (χ2v) is 7.35. The summed E-state index contributed by atoms with van der Waals surface area (Å²) in [5.74, 6) is -0.0343. The molecule has 0 bridgehead atoms. The first-order chi connectivity index (χ1) is 8.32. The van der Waals surface area contributed by atoms with E-state index in [0.717, 1.165) is 12.0 Å². The van der Waals surface area contributed by atoms with Crippen molar-refractivity contribution in [2.24, 2.45) is 5.41 Å². The molecule has 0 saturated heterocycles. The van der Waals surface area contributed by atoms with E-state index in [1.165, 1.54) is 0 Å². The summed E-state index contributed by atoms with van der Waals surface area (Å²) in [6, 6.07) is 7.07. The molecule has 0 aliphatic heterocycles. The standard InChI is InChI=1S/C13H19NO3S/c1-13(2)7-12(13)14-18(16,17)9-11-5-3-4-10(6-11)8-15/h3-6,12,14-15H,7-9H2,1-2H3. The molecule has 0 radical (unpaired) electrons. The largest absolute Gasteiger partial charge is 0.392 e. The van der Waals surface area contributed by atoms with Gasteiger partial charge in [0.15, 0.2) is 0 Å². The molecule has 0 amide bonds. The van der Waals surface area contributed by atoms with Gasteiger partial charge in [-0.05, 0) is 23.0 Å². The SMILES string of the molecule is CC1(C)CC1NS(=O)(=O)Cc1cccc(CO)c1. The Bertz CT molecular complexity index is 537. The summed E-state index contributed by atoms with van der Waals surface area (Å²) in [7, 11) is -3.30. The van der Waals surface area contributed by atoms with Crippen molar-refractivity contribution in [1.82, 2.24) is 4.72 Å². The van der Waals surface area contributed by atoms with E-state index in [0.29, 0.717) is 5.56 Å². The van der Waals surface area contributed by atoms with E-state index in [4.69, 9.17) is 5.11 Å². The molecule has 0 heterocycles. The average molecular weight is 269 g/mol. The quantitative estimate of drug-likeness (QED) is 0.849. The molecule has 0 aromatic heterocycles. The van der Waals surface area contributed by atoms with Crippen LogP contribution >= 0.6 is 0 Å². The van der Waals surface area contributed by atoms with Crippen LogP contribution in [0.4, 0.5) is 0 Å². The van der Waals surface area contributed by atoms with Gasteiger partial charge in [0.1, 0.15) is 0 Å². The topological polar surface area (TPSA) is 66.4 Å². The maximum absolute atomic E-state index is 12.0. The zero-order valence-electron chi connectivity index (χ0n) is 10.7. The summed E-state index contributed by atoms with van der Waals surface area (Å²) >= 11 is 0. The molecule has 2 rings (SSSR count). The lowest BCUT2D eigenvalue weighted by Crippen LogP contribution is -2.29. The van der Waals surface area contributed by atoms with Crippen LogP contribution in [0.1, 0.15) is 31.4 Å². The highest BCUT2D eigenvalue weighted by molar-refractivity contribution is 7.88. The van der Waals surface area contributed by atoms with Crippen LogP contribution in [0.3, 0.4) is 0 Å². The molecule has 1 saturated carbocycles. The van der Waals surface area contributed by atoms with E-state index in [2.05, 4.69) is 4.72 Å². The number of rotatable bonds is 5. The fourth-order valence-electron chi connectivity index (χ4n) is 1.96. The van der Waals surface area contributed by atoms with Gasteiger partial charge < -0.3 is 5.11 Å². The molecule has 1 fully saturated rings. The van der Waals surface area contributed by atoms with Crippen molar-refractivity contribution in [3.8, 4) is 0 Å². The van der Waals surface area contributed by atoms with Crippen LogP contribution in [0.5, 0.6) is 0 Å². The van der Waals surface area contributed by atoms with Crippen molar-refractivity contribution in [2.45, 2.75) is 38.7 Å².